The Kier molecular flexibility index (Phi) is 14.3. The summed E-state index contributed by atoms with van der Waals surface area (Å²) < 4.78 is 0. The van der Waals surface area contributed by atoms with Crippen LogP contribution in [0.2, 0.25) is 0 Å². The summed E-state index contributed by atoms with van der Waals surface area (Å²) in [5.41, 5.74) is 0. The fourth-order valence-corrected chi connectivity index (χ4v) is 2.29. The van der Waals surface area contributed by atoms with E-state index in [9.17, 15) is 20.4 Å². The summed E-state index contributed by atoms with van der Waals surface area (Å²) in [6, 6.07) is 0. The first-order valence-corrected chi connectivity index (χ1v) is 7.37. The second-order valence-electron chi connectivity index (χ2n) is 5.92. The number of aliphatic hydroxyl groups excluding tert-OH is 4. The predicted molar refractivity (Wildman–Crippen MR) is 79.6 cm³/mol. The van der Waals surface area contributed by atoms with Crippen LogP contribution >= 0.6 is 0 Å². The molecule has 0 aliphatic carbocycles. The Morgan fingerprint density at radius 1 is 0.571 bits per heavy atom. The van der Waals surface area contributed by atoms with Gasteiger partial charge in [-0.05, 0) is 27.7 Å². The van der Waals surface area contributed by atoms with E-state index in [0.29, 0.717) is 39.3 Å². The monoisotopic (exact) mass is 355 g/mol. The Morgan fingerprint density at radius 3 is 0.905 bits per heavy atom. The van der Waals surface area contributed by atoms with Gasteiger partial charge < -0.3 is 20.4 Å². The van der Waals surface area contributed by atoms with Crippen LogP contribution in [0.3, 0.4) is 0 Å². The third-order valence-electron chi connectivity index (χ3n) is 2.82. The second-order valence-corrected chi connectivity index (χ2v) is 5.92. The molecule has 0 aromatic carbocycles. The zero-order chi connectivity index (χ0) is 15.7. The molecule has 1 radical (unpaired) electrons. The van der Waals surface area contributed by atoms with Gasteiger partial charge >= 0.3 is 17.1 Å². The zero-order valence-corrected chi connectivity index (χ0v) is 14.5. The van der Waals surface area contributed by atoms with Crippen molar-refractivity contribution >= 4 is 0 Å². The third-order valence-corrected chi connectivity index (χ3v) is 2.82. The normalized spacial score (nSPS) is 17.4. The average molecular weight is 356 g/mol. The molecule has 0 heterocycles. The van der Waals surface area contributed by atoms with Gasteiger partial charge in [0.2, 0.25) is 0 Å². The van der Waals surface area contributed by atoms with Gasteiger partial charge in [0, 0.05) is 39.3 Å². The molecule has 0 saturated heterocycles. The van der Waals surface area contributed by atoms with Gasteiger partial charge in [0.25, 0.3) is 0 Å². The van der Waals surface area contributed by atoms with Crippen LogP contribution in [0.15, 0.2) is 0 Å². The van der Waals surface area contributed by atoms with E-state index in [4.69, 9.17) is 0 Å². The van der Waals surface area contributed by atoms with E-state index < -0.39 is 24.4 Å². The number of hydrogen-bond acceptors (Lipinski definition) is 6. The molecule has 0 rings (SSSR count). The largest absolute Gasteiger partial charge is 2.00 e. The van der Waals surface area contributed by atoms with Crippen LogP contribution in [0.5, 0.6) is 0 Å². The molecule has 131 valence electrons. The summed E-state index contributed by atoms with van der Waals surface area (Å²) in [5.74, 6) is 0. The molecule has 0 aliphatic heterocycles. The summed E-state index contributed by atoms with van der Waals surface area (Å²) in [6.45, 7) is 10.2. The van der Waals surface area contributed by atoms with Crippen molar-refractivity contribution in [3.05, 3.63) is 0 Å². The molecule has 0 bridgehead atoms. The van der Waals surface area contributed by atoms with Gasteiger partial charge in [-0.25, -0.2) is 0 Å². The summed E-state index contributed by atoms with van der Waals surface area (Å²) in [4.78, 5) is 3.98. The van der Waals surface area contributed by atoms with E-state index in [1.54, 1.807) is 27.7 Å². The van der Waals surface area contributed by atoms with Gasteiger partial charge in [-0.3, -0.25) is 9.80 Å². The van der Waals surface area contributed by atoms with E-state index >= 15 is 0 Å². The van der Waals surface area contributed by atoms with Gasteiger partial charge in [0.15, 0.2) is 0 Å². The van der Waals surface area contributed by atoms with Gasteiger partial charge in [-0.2, -0.15) is 0 Å². The molecule has 4 atom stereocenters. The Balaban J connectivity index is 0. The molecule has 4 unspecified atom stereocenters. The van der Waals surface area contributed by atoms with Crippen LogP contribution in [0.25, 0.3) is 0 Å². The molecule has 21 heavy (non-hydrogen) atoms. The summed E-state index contributed by atoms with van der Waals surface area (Å²) in [6.07, 6.45) is -1.79. The first-order chi connectivity index (χ1) is 9.20. The fourth-order valence-electron chi connectivity index (χ4n) is 2.29. The van der Waals surface area contributed by atoms with Gasteiger partial charge in [0.1, 0.15) is 0 Å². The molecule has 7 heteroatoms. The number of nitrogens with zero attached hydrogens (tertiary/aromatic N) is 2. The fraction of sp³-hybridized carbons (Fsp3) is 1.00. The van der Waals surface area contributed by atoms with E-state index in [1.807, 2.05) is 9.80 Å². The van der Waals surface area contributed by atoms with Crippen LogP contribution in [0.1, 0.15) is 27.7 Å². The molecule has 0 spiro atoms. The molecular weight excluding hydrogens is 324 g/mol. The molecule has 6 nitrogen and oxygen atoms in total. The maximum atomic E-state index is 9.47. The van der Waals surface area contributed by atoms with E-state index in [1.165, 1.54) is 0 Å². The SMILES string of the molecule is CC(O)CN(CCN(CC(C)O)CC(C)O)CC(C)O.[Cu+2]. The van der Waals surface area contributed by atoms with Gasteiger partial charge in [-0.15, -0.1) is 0 Å². The van der Waals surface area contributed by atoms with Crippen molar-refractivity contribution in [3.8, 4) is 0 Å². The minimum Gasteiger partial charge on any atom is -0.392 e. The Bertz CT molecular complexity index is 197. The summed E-state index contributed by atoms with van der Waals surface area (Å²) >= 11 is 0. The standard InChI is InChI=1S/C14H32N2O4.Cu/c1-11(17)7-15(8-12(2)18)5-6-16(9-13(3)19)10-14(4)20;/h11-14,17-20H,5-10H2,1-4H3;/q;+2. The first-order valence-electron chi connectivity index (χ1n) is 7.37. The molecular formula is C14H32CuN2O4+2. The van der Waals surface area contributed by atoms with Crippen LogP contribution in [-0.2, 0) is 17.1 Å². The van der Waals surface area contributed by atoms with Crippen molar-refractivity contribution in [2.75, 3.05) is 39.3 Å². The van der Waals surface area contributed by atoms with E-state index in [0.717, 1.165) is 0 Å². The summed E-state index contributed by atoms with van der Waals surface area (Å²) in [7, 11) is 0. The summed E-state index contributed by atoms with van der Waals surface area (Å²) in [5, 5.41) is 37.9. The molecule has 0 aromatic heterocycles. The van der Waals surface area contributed by atoms with E-state index in [-0.39, 0.29) is 17.1 Å². The van der Waals surface area contributed by atoms with Crippen molar-refractivity contribution in [2.45, 2.75) is 52.1 Å². The smallest absolute Gasteiger partial charge is 0.392 e. The molecule has 0 aliphatic rings. The van der Waals surface area contributed by atoms with Crippen LogP contribution in [0.4, 0.5) is 0 Å². The maximum Gasteiger partial charge on any atom is 2.00 e. The molecule has 4 N–H and O–H groups in total. The molecule has 0 aromatic rings. The minimum absolute atomic E-state index is 0. The van der Waals surface area contributed by atoms with Crippen molar-refractivity contribution in [1.82, 2.24) is 9.80 Å². The zero-order valence-electron chi connectivity index (χ0n) is 13.5. The van der Waals surface area contributed by atoms with Crippen LogP contribution < -0.4 is 0 Å². The van der Waals surface area contributed by atoms with Crippen LogP contribution in [0, 0.1) is 0 Å². The van der Waals surface area contributed by atoms with Crippen molar-refractivity contribution in [1.29, 1.82) is 0 Å². The Hall–Kier alpha value is 0.279. The molecule has 0 saturated carbocycles. The Morgan fingerprint density at radius 2 is 0.762 bits per heavy atom. The third kappa shape index (κ3) is 15.0. The molecule has 0 fully saturated rings. The minimum atomic E-state index is -0.448. The number of hydrogen-bond donors (Lipinski definition) is 4. The van der Waals surface area contributed by atoms with Crippen molar-refractivity contribution in [2.24, 2.45) is 0 Å². The maximum absolute atomic E-state index is 9.47. The van der Waals surface area contributed by atoms with E-state index in [2.05, 4.69) is 0 Å². The quantitative estimate of drug-likeness (QED) is 0.360. The van der Waals surface area contributed by atoms with Gasteiger partial charge in [0.05, 0.1) is 24.4 Å². The van der Waals surface area contributed by atoms with Gasteiger partial charge in [-0.1, -0.05) is 0 Å². The predicted octanol–water partition coefficient (Wildman–Crippen LogP) is -0.889. The first kappa shape index (κ1) is 23.5. The van der Waals surface area contributed by atoms with Crippen molar-refractivity contribution < 1.29 is 37.5 Å². The number of rotatable bonds is 11. The van der Waals surface area contributed by atoms with Crippen molar-refractivity contribution in [3.63, 3.8) is 0 Å². The number of aliphatic hydroxyl groups is 4. The second kappa shape index (κ2) is 12.8. The Labute approximate surface area is 139 Å². The average Bonchev–Trinajstić information content (AvgIpc) is 2.22. The molecule has 0 amide bonds. The topological polar surface area (TPSA) is 87.4 Å². The van der Waals surface area contributed by atoms with Crippen LogP contribution in [-0.4, -0.2) is 93.9 Å².